The van der Waals surface area contributed by atoms with Crippen molar-refractivity contribution in [1.82, 2.24) is 4.98 Å². The molecule has 0 saturated carbocycles. The van der Waals surface area contributed by atoms with E-state index in [-0.39, 0.29) is 14.8 Å². The van der Waals surface area contributed by atoms with E-state index in [2.05, 4.69) is 4.98 Å². The largest absolute Gasteiger partial charge is 0.255 e. The van der Waals surface area contributed by atoms with Crippen molar-refractivity contribution in [2.24, 2.45) is 0 Å². The number of sulfone groups is 1. The number of benzene rings is 2. The van der Waals surface area contributed by atoms with Crippen LogP contribution in [0.5, 0.6) is 0 Å². The summed E-state index contributed by atoms with van der Waals surface area (Å²) >= 11 is 12.4. The molecule has 1 heterocycles. The molecular formula is C17H13Cl2NO2S. The Bertz CT molecular complexity index is 1030. The van der Waals surface area contributed by atoms with Crippen LogP contribution in [-0.2, 0) is 9.84 Å². The summed E-state index contributed by atoms with van der Waals surface area (Å²) in [7, 11) is -3.79. The minimum Gasteiger partial charge on any atom is -0.255 e. The van der Waals surface area contributed by atoms with Crippen LogP contribution in [0, 0.1) is 13.8 Å². The van der Waals surface area contributed by atoms with E-state index in [0.717, 1.165) is 11.1 Å². The second kappa shape index (κ2) is 5.78. The third-order valence-corrected chi connectivity index (χ3v) is 6.36. The lowest BCUT2D eigenvalue weighted by molar-refractivity contribution is 0.596. The van der Waals surface area contributed by atoms with E-state index < -0.39 is 9.84 Å². The molecule has 3 nitrogen and oxygen atoms in total. The number of aromatic nitrogens is 1. The number of halogens is 2. The monoisotopic (exact) mass is 365 g/mol. The lowest BCUT2D eigenvalue weighted by Gasteiger charge is -2.10. The van der Waals surface area contributed by atoms with Gasteiger partial charge in [-0.05, 0) is 43.7 Å². The SMILES string of the molecule is Cc1ccc2ncc(S(=O)(=O)c3ccc(C)c(Cl)c3)c(Cl)c2c1. The Balaban J connectivity index is 2.26. The van der Waals surface area contributed by atoms with Crippen molar-refractivity contribution in [1.29, 1.82) is 0 Å². The molecule has 0 N–H and O–H groups in total. The van der Waals surface area contributed by atoms with E-state index in [0.29, 0.717) is 15.9 Å². The fourth-order valence-corrected chi connectivity index (χ4v) is 4.37. The van der Waals surface area contributed by atoms with Gasteiger partial charge < -0.3 is 0 Å². The quantitative estimate of drug-likeness (QED) is 0.642. The molecule has 0 spiro atoms. The first-order valence-electron chi connectivity index (χ1n) is 6.87. The maximum atomic E-state index is 12.9. The molecule has 6 heteroatoms. The standard InChI is InChI=1S/C17H13Cl2NO2S/c1-10-3-6-15-13(7-10)17(19)16(9-20-15)23(21,22)12-5-4-11(2)14(18)8-12/h3-9H,1-2H3. The second-order valence-electron chi connectivity index (χ2n) is 5.37. The summed E-state index contributed by atoms with van der Waals surface area (Å²) in [4.78, 5) is 4.30. The highest BCUT2D eigenvalue weighted by atomic mass is 35.5. The number of aryl methyl sites for hydroxylation is 2. The minimum atomic E-state index is -3.79. The zero-order chi connectivity index (χ0) is 16.8. The molecular weight excluding hydrogens is 353 g/mol. The molecule has 0 saturated heterocycles. The first kappa shape index (κ1) is 16.2. The van der Waals surface area contributed by atoms with Crippen molar-refractivity contribution < 1.29 is 8.42 Å². The fourth-order valence-electron chi connectivity index (χ4n) is 2.31. The van der Waals surface area contributed by atoms with Gasteiger partial charge in [-0.15, -0.1) is 0 Å². The number of hydrogen-bond donors (Lipinski definition) is 0. The van der Waals surface area contributed by atoms with Crippen molar-refractivity contribution in [2.45, 2.75) is 23.6 Å². The summed E-state index contributed by atoms with van der Waals surface area (Å²) in [5.74, 6) is 0. The van der Waals surface area contributed by atoms with Gasteiger partial charge in [-0.2, -0.15) is 0 Å². The van der Waals surface area contributed by atoms with Gasteiger partial charge >= 0.3 is 0 Å². The molecule has 0 aliphatic carbocycles. The Morgan fingerprint density at radius 1 is 1.00 bits per heavy atom. The van der Waals surface area contributed by atoms with Crippen LogP contribution in [0.3, 0.4) is 0 Å². The van der Waals surface area contributed by atoms with Crippen LogP contribution in [0.25, 0.3) is 10.9 Å². The van der Waals surface area contributed by atoms with Crippen LogP contribution in [-0.4, -0.2) is 13.4 Å². The molecule has 3 aromatic rings. The highest BCUT2D eigenvalue weighted by Crippen LogP contribution is 2.33. The lowest BCUT2D eigenvalue weighted by atomic mass is 10.1. The van der Waals surface area contributed by atoms with Crippen LogP contribution >= 0.6 is 23.2 Å². The van der Waals surface area contributed by atoms with E-state index in [1.54, 1.807) is 6.07 Å². The maximum Gasteiger partial charge on any atom is 0.209 e. The van der Waals surface area contributed by atoms with Gasteiger partial charge in [0.1, 0.15) is 4.90 Å². The van der Waals surface area contributed by atoms with Gasteiger partial charge in [0.05, 0.1) is 15.4 Å². The molecule has 2 aromatic carbocycles. The highest BCUT2D eigenvalue weighted by molar-refractivity contribution is 7.91. The van der Waals surface area contributed by atoms with E-state index in [9.17, 15) is 8.42 Å². The van der Waals surface area contributed by atoms with Crippen LogP contribution < -0.4 is 0 Å². The topological polar surface area (TPSA) is 47.0 Å². The predicted molar refractivity (Wildman–Crippen MR) is 93.1 cm³/mol. The molecule has 3 rings (SSSR count). The number of rotatable bonds is 2. The fraction of sp³-hybridized carbons (Fsp3) is 0.118. The Labute approximate surface area is 144 Å². The molecule has 23 heavy (non-hydrogen) atoms. The van der Waals surface area contributed by atoms with Gasteiger partial charge in [-0.3, -0.25) is 4.98 Å². The summed E-state index contributed by atoms with van der Waals surface area (Å²) < 4.78 is 25.7. The van der Waals surface area contributed by atoms with E-state index >= 15 is 0 Å². The molecule has 0 amide bonds. The molecule has 0 atom stereocenters. The number of fused-ring (bicyclic) bond motifs is 1. The van der Waals surface area contributed by atoms with Crippen molar-refractivity contribution in [2.75, 3.05) is 0 Å². The van der Waals surface area contributed by atoms with Crippen LogP contribution in [0.2, 0.25) is 10.0 Å². The van der Waals surface area contributed by atoms with Crippen LogP contribution in [0.4, 0.5) is 0 Å². The predicted octanol–water partition coefficient (Wildman–Crippen LogP) is 4.99. The van der Waals surface area contributed by atoms with Gasteiger partial charge in [0.2, 0.25) is 9.84 Å². The Hall–Kier alpha value is -1.62. The van der Waals surface area contributed by atoms with Gasteiger partial charge in [0.25, 0.3) is 0 Å². The average Bonchev–Trinajstić information content (AvgIpc) is 2.50. The zero-order valence-corrected chi connectivity index (χ0v) is 14.8. The number of hydrogen-bond acceptors (Lipinski definition) is 3. The van der Waals surface area contributed by atoms with Crippen molar-refractivity contribution in [3.05, 3.63) is 63.8 Å². The van der Waals surface area contributed by atoms with Gasteiger partial charge in [0, 0.05) is 16.6 Å². The van der Waals surface area contributed by atoms with Gasteiger partial charge in [0.15, 0.2) is 0 Å². The molecule has 0 bridgehead atoms. The number of nitrogens with zero attached hydrogens (tertiary/aromatic N) is 1. The summed E-state index contributed by atoms with van der Waals surface area (Å²) in [5.41, 5.74) is 2.44. The Morgan fingerprint density at radius 2 is 1.74 bits per heavy atom. The smallest absolute Gasteiger partial charge is 0.209 e. The molecule has 0 aliphatic heterocycles. The van der Waals surface area contributed by atoms with E-state index in [1.807, 2.05) is 32.0 Å². The molecule has 0 fully saturated rings. The molecule has 0 unspecified atom stereocenters. The summed E-state index contributed by atoms with van der Waals surface area (Å²) in [5, 5.41) is 1.19. The number of pyridine rings is 1. The first-order chi connectivity index (χ1) is 10.8. The van der Waals surface area contributed by atoms with Gasteiger partial charge in [-0.1, -0.05) is 40.9 Å². The summed E-state index contributed by atoms with van der Waals surface area (Å²) in [6, 6.07) is 10.2. The lowest BCUT2D eigenvalue weighted by Crippen LogP contribution is -2.04. The van der Waals surface area contributed by atoms with E-state index in [1.165, 1.54) is 18.3 Å². The normalized spacial score (nSPS) is 11.8. The molecule has 118 valence electrons. The summed E-state index contributed by atoms with van der Waals surface area (Å²) in [6.07, 6.45) is 1.29. The zero-order valence-electron chi connectivity index (χ0n) is 12.5. The first-order valence-corrected chi connectivity index (χ1v) is 9.11. The third-order valence-electron chi connectivity index (χ3n) is 3.67. The van der Waals surface area contributed by atoms with Crippen molar-refractivity contribution >= 4 is 43.9 Å². The average molecular weight is 366 g/mol. The van der Waals surface area contributed by atoms with Crippen LogP contribution in [0.1, 0.15) is 11.1 Å². The second-order valence-corrected chi connectivity index (χ2v) is 8.07. The Kier molecular flexibility index (Phi) is 4.08. The Morgan fingerprint density at radius 3 is 2.43 bits per heavy atom. The molecule has 0 aliphatic rings. The van der Waals surface area contributed by atoms with Crippen molar-refractivity contribution in [3.63, 3.8) is 0 Å². The third kappa shape index (κ3) is 2.82. The maximum absolute atomic E-state index is 12.9. The minimum absolute atomic E-state index is 0.0165. The van der Waals surface area contributed by atoms with E-state index in [4.69, 9.17) is 23.2 Å². The molecule has 1 aromatic heterocycles. The van der Waals surface area contributed by atoms with Gasteiger partial charge in [-0.25, -0.2) is 8.42 Å². The molecule has 0 radical (unpaired) electrons. The van der Waals surface area contributed by atoms with Crippen molar-refractivity contribution in [3.8, 4) is 0 Å². The highest BCUT2D eigenvalue weighted by Gasteiger charge is 2.23. The summed E-state index contributed by atoms with van der Waals surface area (Å²) in [6.45, 7) is 3.72. The van der Waals surface area contributed by atoms with Crippen LogP contribution in [0.15, 0.2) is 52.4 Å².